The molecule has 0 amide bonds. The van der Waals surface area contributed by atoms with E-state index in [-0.39, 0.29) is 12.1 Å². The lowest BCUT2D eigenvalue weighted by Gasteiger charge is -2.34. The molecule has 1 N–H and O–H groups in total. The third kappa shape index (κ3) is 3.88. The van der Waals surface area contributed by atoms with Gasteiger partial charge < -0.3 is 15.1 Å². The first-order valence-corrected chi connectivity index (χ1v) is 8.16. The van der Waals surface area contributed by atoms with Crippen molar-refractivity contribution in [1.29, 1.82) is 0 Å². The Morgan fingerprint density at radius 2 is 1.71 bits per heavy atom. The lowest BCUT2D eigenvalue weighted by Crippen LogP contribution is -2.45. The van der Waals surface area contributed by atoms with Crippen molar-refractivity contribution in [1.82, 2.24) is 15.2 Å². The molecular weight excluding hydrogens is 310 g/mol. The van der Waals surface area contributed by atoms with Crippen molar-refractivity contribution in [3.05, 3.63) is 59.3 Å². The minimum Gasteiger partial charge on any atom is -0.354 e. The molecule has 0 saturated carbocycles. The number of piperazine rings is 1. The third-order valence-corrected chi connectivity index (χ3v) is 4.35. The standard InChI is InChI=1S/C18H22F2N4/c1-23-8-10-24(11-9-23)18-14(4-3-7-22-18)12-21-13-15-16(19)5-2-6-17(15)20/h2-7,21H,8-13H2,1H3. The molecule has 1 aromatic carbocycles. The van der Waals surface area contributed by atoms with Gasteiger partial charge in [0.1, 0.15) is 17.5 Å². The van der Waals surface area contributed by atoms with Crippen LogP contribution in [-0.4, -0.2) is 43.1 Å². The Bertz CT molecular complexity index is 664. The average Bonchev–Trinajstić information content (AvgIpc) is 2.59. The molecule has 0 atom stereocenters. The van der Waals surface area contributed by atoms with Crippen molar-refractivity contribution in [2.75, 3.05) is 38.1 Å². The van der Waals surface area contributed by atoms with Crippen molar-refractivity contribution in [3.8, 4) is 0 Å². The monoisotopic (exact) mass is 332 g/mol. The molecule has 2 aromatic rings. The van der Waals surface area contributed by atoms with Gasteiger partial charge in [0.25, 0.3) is 0 Å². The predicted molar refractivity (Wildman–Crippen MR) is 90.8 cm³/mol. The summed E-state index contributed by atoms with van der Waals surface area (Å²) in [5.74, 6) is -0.0898. The quantitative estimate of drug-likeness (QED) is 0.911. The summed E-state index contributed by atoms with van der Waals surface area (Å²) in [6.07, 6.45) is 1.79. The van der Waals surface area contributed by atoms with Crippen LogP contribution in [0.15, 0.2) is 36.5 Å². The molecule has 4 nitrogen and oxygen atoms in total. The number of rotatable bonds is 5. The van der Waals surface area contributed by atoms with Gasteiger partial charge in [0.15, 0.2) is 0 Å². The number of benzene rings is 1. The largest absolute Gasteiger partial charge is 0.354 e. The first kappa shape index (κ1) is 16.8. The van der Waals surface area contributed by atoms with Crippen LogP contribution in [0.5, 0.6) is 0 Å². The number of pyridine rings is 1. The maximum atomic E-state index is 13.7. The van der Waals surface area contributed by atoms with Gasteiger partial charge in [0, 0.05) is 56.6 Å². The minimum atomic E-state index is -0.520. The second-order valence-corrected chi connectivity index (χ2v) is 6.08. The van der Waals surface area contributed by atoms with E-state index >= 15 is 0 Å². The highest BCUT2D eigenvalue weighted by molar-refractivity contribution is 5.47. The molecule has 2 heterocycles. The fourth-order valence-electron chi connectivity index (χ4n) is 2.89. The SMILES string of the molecule is CN1CCN(c2ncccc2CNCc2c(F)cccc2F)CC1. The van der Waals surface area contributed by atoms with Gasteiger partial charge in [-0.05, 0) is 25.2 Å². The zero-order valence-electron chi connectivity index (χ0n) is 13.8. The summed E-state index contributed by atoms with van der Waals surface area (Å²) in [7, 11) is 2.11. The summed E-state index contributed by atoms with van der Waals surface area (Å²) in [6.45, 7) is 4.54. The van der Waals surface area contributed by atoms with E-state index < -0.39 is 11.6 Å². The van der Waals surface area contributed by atoms with Gasteiger partial charge >= 0.3 is 0 Å². The van der Waals surface area contributed by atoms with Crippen LogP contribution in [-0.2, 0) is 13.1 Å². The number of likely N-dealkylation sites (N-methyl/N-ethyl adjacent to an activating group) is 1. The zero-order chi connectivity index (χ0) is 16.9. The number of hydrogen-bond donors (Lipinski definition) is 1. The van der Waals surface area contributed by atoms with E-state index in [1.807, 2.05) is 12.1 Å². The summed E-state index contributed by atoms with van der Waals surface area (Å²) in [5, 5.41) is 3.13. The van der Waals surface area contributed by atoms with Gasteiger partial charge in [-0.3, -0.25) is 0 Å². The van der Waals surface area contributed by atoms with Crippen LogP contribution in [0.25, 0.3) is 0 Å². The molecule has 0 aliphatic carbocycles. The van der Waals surface area contributed by atoms with Gasteiger partial charge in [-0.2, -0.15) is 0 Å². The molecule has 0 unspecified atom stereocenters. The molecule has 24 heavy (non-hydrogen) atoms. The summed E-state index contributed by atoms with van der Waals surface area (Å²) in [4.78, 5) is 9.06. The van der Waals surface area contributed by atoms with Crippen LogP contribution >= 0.6 is 0 Å². The second kappa shape index (κ2) is 7.68. The van der Waals surface area contributed by atoms with Gasteiger partial charge in [0.05, 0.1) is 0 Å². The maximum Gasteiger partial charge on any atom is 0.133 e. The van der Waals surface area contributed by atoms with Crippen LogP contribution in [0, 0.1) is 11.6 Å². The van der Waals surface area contributed by atoms with Gasteiger partial charge in [-0.25, -0.2) is 13.8 Å². The molecule has 128 valence electrons. The fourth-order valence-corrected chi connectivity index (χ4v) is 2.89. The Kier molecular flexibility index (Phi) is 5.37. The van der Waals surface area contributed by atoms with Gasteiger partial charge in [0.2, 0.25) is 0 Å². The molecule has 1 aromatic heterocycles. The highest BCUT2D eigenvalue weighted by Gasteiger charge is 2.18. The first-order chi connectivity index (χ1) is 11.6. The molecule has 3 rings (SSSR count). The highest BCUT2D eigenvalue weighted by atomic mass is 19.1. The molecule has 0 radical (unpaired) electrons. The average molecular weight is 332 g/mol. The first-order valence-electron chi connectivity index (χ1n) is 8.16. The van der Waals surface area contributed by atoms with Gasteiger partial charge in [-0.15, -0.1) is 0 Å². The van der Waals surface area contributed by atoms with Gasteiger partial charge in [-0.1, -0.05) is 12.1 Å². The predicted octanol–water partition coefficient (Wildman–Crippen LogP) is 2.40. The van der Waals surface area contributed by atoms with Crippen LogP contribution in [0.2, 0.25) is 0 Å². The Hall–Kier alpha value is -2.05. The van der Waals surface area contributed by atoms with Crippen molar-refractivity contribution in [2.45, 2.75) is 13.1 Å². The third-order valence-electron chi connectivity index (χ3n) is 4.35. The Balaban J connectivity index is 1.65. The van der Waals surface area contributed by atoms with Crippen LogP contribution in [0.4, 0.5) is 14.6 Å². The maximum absolute atomic E-state index is 13.7. The molecular formula is C18H22F2N4. The Labute approximate surface area is 141 Å². The van der Waals surface area contributed by atoms with Crippen molar-refractivity contribution >= 4 is 5.82 Å². The van der Waals surface area contributed by atoms with E-state index in [0.29, 0.717) is 6.54 Å². The molecule has 6 heteroatoms. The number of aromatic nitrogens is 1. The lowest BCUT2D eigenvalue weighted by molar-refractivity contribution is 0.311. The summed E-state index contributed by atoms with van der Waals surface area (Å²) >= 11 is 0. The topological polar surface area (TPSA) is 31.4 Å². The van der Waals surface area contributed by atoms with E-state index in [1.54, 1.807) is 6.20 Å². The summed E-state index contributed by atoms with van der Waals surface area (Å²) < 4.78 is 27.4. The Morgan fingerprint density at radius 3 is 2.42 bits per heavy atom. The van der Waals surface area contributed by atoms with Crippen LogP contribution in [0.1, 0.15) is 11.1 Å². The Morgan fingerprint density at radius 1 is 1.00 bits per heavy atom. The van der Waals surface area contributed by atoms with Crippen molar-refractivity contribution < 1.29 is 8.78 Å². The number of hydrogen-bond acceptors (Lipinski definition) is 4. The molecule has 1 aliphatic heterocycles. The van der Waals surface area contributed by atoms with Crippen molar-refractivity contribution in [2.24, 2.45) is 0 Å². The number of halogens is 2. The molecule has 1 aliphatic rings. The summed E-state index contributed by atoms with van der Waals surface area (Å²) in [6, 6.07) is 7.83. The lowest BCUT2D eigenvalue weighted by atomic mass is 10.2. The number of nitrogens with one attached hydrogen (secondary N) is 1. The molecule has 1 saturated heterocycles. The molecule has 0 spiro atoms. The molecule has 0 bridgehead atoms. The number of nitrogens with zero attached hydrogens (tertiary/aromatic N) is 3. The van der Waals surface area contributed by atoms with Crippen LogP contribution in [0.3, 0.4) is 0 Å². The van der Waals surface area contributed by atoms with E-state index in [4.69, 9.17) is 0 Å². The smallest absolute Gasteiger partial charge is 0.133 e. The highest BCUT2D eigenvalue weighted by Crippen LogP contribution is 2.19. The zero-order valence-corrected chi connectivity index (χ0v) is 13.8. The second-order valence-electron chi connectivity index (χ2n) is 6.08. The summed E-state index contributed by atoms with van der Waals surface area (Å²) in [5.41, 5.74) is 1.11. The minimum absolute atomic E-state index is 0.0718. The normalized spacial score (nSPS) is 15.7. The van der Waals surface area contributed by atoms with E-state index in [0.717, 1.165) is 37.6 Å². The van der Waals surface area contributed by atoms with Crippen molar-refractivity contribution in [3.63, 3.8) is 0 Å². The van der Waals surface area contributed by atoms with E-state index in [2.05, 4.69) is 27.1 Å². The van der Waals surface area contributed by atoms with Crippen LogP contribution < -0.4 is 10.2 Å². The fraction of sp³-hybridized carbons (Fsp3) is 0.389. The molecule has 1 fully saturated rings. The van der Waals surface area contributed by atoms with E-state index in [9.17, 15) is 8.78 Å². The number of anilines is 1. The van der Waals surface area contributed by atoms with E-state index in [1.165, 1.54) is 18.2 Å².